The van der Waals surface area contributed by atoms with E-state index in [1.165, 1.54) is 0 Å². The molecule has 0 aliphatic carbocycles. The second-order valence-corrected chi connectivity index (χ2v) is 7.42. The summed E-state index contributed by atoms with van der Waals surface area (Å²) < 4.78 is 13.6. The molecule has 0 bridgehead atoms. The molecule has 0 radical (unpaired) electrons. The van der Waals surface area contributed by atoms with E-state index in [-0.39, 0.29) is 24.7 Å². The fourth-order valence-corrected chi connectivity index (χ4v) is 4.48. The lowest BCUT2D eigenvalue weighted by molar-refractivity contribution is -0.122. The Balaban J connectivity index is 0.000000604. The summed E-state index contributed by atoms with van der Waals surface area (Å²) in [5.74, 6) is 0.860. The predicted molar refractivity (Wildman–Crippen MR) is 102 cm³/mol. The van der Waals surface area contributed by atoms with Crippen molar-refractivity contribution >= 4 is 17.8 Å². The van der Waals surface area contributed by atoms with Gasteiger partial charge in [0.2, 0.25) is 0 Å². The van der Waals surface area contributed by atoms with Gasteiger partial charge in [-0.2, -0.15) is 0 Å². The maximum absolute atomic E-state index is 9.95. The number of aliphatic hydroxyl groups excluding tert-OH is 1. The lowest BCUT2D eigenvalue weighted by atomic mass is 10.1. The first kappa shape index (κ1) is 18.8. The highest BCUT2D eigenvalue weighted by Gasteiger charge is 2.48. The Morgan fingerprint density at radius 3 is 2.68 bits per heavy atom. The lowest BCUT2D eigenvalue weighted by Gasteiger charge is -2.19. The van der Waals surface area contributed by atoms with Crippen LogP contribution in [0.5, 0.6) is 0 Å². The second kappa shape index (κ2) is 8.19. The van der Waals surface area contributed by atoms with Crippen LogP contribution in [-0.2, 0) is 14.3 Å². The maximum Gasteiger partial charge on any atom is 0.290 e. The zero-order valence-corrected chi connectivity index (χ0v) is 15.6. The van der Waals surface area contributed by atoms with Gasteiger partial charge in [0.25, 0.3) is 6.47 Å². The molecule has 0 saturated carbocycles. The van der Waals surface area contributed by atoms with E-state index in [0.717, 1.165) is 21.3 Å². The molecule has 2 fully saturated rings. The minimum absolute atomic E-state index is 0.0157. The number of thiazole rings is 1. The highest BCUT2D eigenvalue weighted by molar-refractivity contribution is 7.18. The predicted octanol–water partition coefficient (Wildman–Crippen LogP) is 2.07. The van der Waals surface area contributed by atoms with Crippen molar-refractivity contribution in [2.75, 3.05) is 13.2 Å². The van der Waals surface area contributed by atoms with Gasteiger partial charge in [0, 0.05) is 24.2 Å². The van der Waals surface area contributed by atoms with Crippen molar-refractivity contribution in [2.24, 2.45) is 0 Å². The van der Waals surface area contributed by atoms with Gasteiger partial charge in [0.05, 0.1) is 24.1 Å². The number of hydrogen-bond acceptors (Lipinski definition) is 7. The van der Waals surface area contributed by atoms with Gasteiger partial charge in [-0.25, -0.2) is 9.97 Å². The van der Waals surface area contributed by atoms with E-state index in [1.54, 1.807) is 17.5 Å². The molecule has 146 valence electrons. The van der Waals surface area contributed by atoms with E-state index < -0.39 is 6.10 Å². The Morgan fingerprint density at radius 2 is 1.89 bits per heavy atom. The summed E-state index contributed by atoms with van der Waals surface area (Å²) in [6, 6.07) is 10.1. The van der Waals surface area contributed by atoms with E-state index in [1.807, 2.05) is 30.6 Å². The zero-order chi connectivity index (χ0) is 19.5. The highest BCUT2D eigenvalue weighted by Crippen LogP contribution is 2.38. The molecule has 2 aliphatic rings. The van der Waals surface area contributed by atoms with E-state index in [0.29, 0.717) is 13.2 Å². The average molecular weight is 401 g/mol. The normalized spacial score (nSPS) is 25.8. The van der Waals surface area contributed by atoms with Crippen molar-refractivity contribution < 1.29 is 24.5 Å². The molecule has 0 amide bonds. The molecule has 2 saturated heterocycles. The van der Waals surface area contributed by atoms with Crippen molar-refractivity contribution in [3.8, 4) is 21.3 Å². The molecule has 3 aromatic rings. The minimum Gasteiger partial charge on any atom is -0.483 e. The molecule has 1 aromatic carbocycles. The van der Waals surface area contributed by atoms with Crippen molar-refractivity contribution in [3.63, 3.8) is 0 Å². The van der Waals surface area contributed by atoms with Crippen LogP contribution < -0.4 is 0 Å². The number of fused-ring (bicyclic) bond motifs is 1. The van der Waals surface area contributed by atoms with E-state index in [2.05, 4.69) is 26.7 Å². The first-order valence-electron chi connectivity index (χ1n) is 8.76. The highest BCUT2D eigenvalue weighted by atomic mass is 32.1. The van der Waals surface area contributed by atoms with E-state index in [9.17, 15) is 5.11 Å². The van der Waals surface area contributed by atoms with E-state index >= 15 is 0 Å². The second-order valence-electron chi connectivity index (χ2n) is 6.39. The Kier molecular flexibility index (Phi) is 5.49. The van der Waals surface area contributed by atoms with Crippen molar-refractivity contribution in [3.05, 3.63) is 48.9 Å². The Bertz CT molecular complexity index is 929. The molecule has 2 aromatic heterocycles. The molecule has 8 nitrogen and oxygen atoms in total. The van der Waals surface area contributed by atoms with Gasteiger partial charge in [-0.3, -0.25) is 4.79 Å². The SMILES string of the molecule is O=CO.O[C@@H]1CO[C@H]2[C@@H]1OC[C@@H]2n1ccnc1-c1cnc(-c2ccccc2)s1. The van der Waals surface area contributed by atoms with Gasteiger partial charge in [-0.15, -0.1) is 11.3 Å². The summed E-state index contributed by atoms with van der Waals surface area (Å²) >= 11 is 1.62. The maximum atomic E-state index is 9.95. The molecule has 9 heteroatoms. The van der Waals surface area contributed by atoms with Crippen LogP contribution in [0.15, 0.2) is 48.9 Å². The summed E-state index contributed by atoms with van der Waals surface area (Å²) in [5, 5.41) is 17.8. The van der Waals surface area contributed by atoms with Crippen LogP contribution >= 0.6 is 11.3 Å². The third-order valence-corrected chi connectivity index (χ3v) is 5.82. The number of carboxylic acid groups (broad SMARTS) is 1. The van der Waals surface area contributed by atoms with Gasteiger partial charge >= 0.3 is 0 Å². The molecule has 5 rings (SSSR count). The number of benzene rings is 1. The summed E-state index contributed by atoms with van der Waals surface area (Å²) in [5.41, 5.74) is 1.10. The summed E-state index contributed by atoms with van der Waals surface area (Å²) in [7, 11) is 0. The molecule has 0 unspecified atom stereocenters. The zero-order valence-electron chi connectivity index (χ0n) is 14.8. The van der Waals surface area contributed by atoms with Gasteiger partial charge in [-0.05, 0) is 0 Å². The number of hydrogen-bond donors (Lipinski definition) is 2. The summed E-state index contributed by atoms with van der Waals surface area (Å²) in [6.45, 7) is 0.592. The largest absolute Gasteiger partial charge is 0.483 e. The van der Waals surface area contributed by atoms with Crippen molar-refractivity contribution in [2.45, 2.75) is 24.4 Å². The summed E-state index contributed by atoms with van der Waals surface area (Å²) in [6.07, 6.45) is 4.67. The Morgan fingerprint density at radius 1 is 1.14 bits per heavy atom. The van der Waals surface area contributed by atoms with Crippen LogP contribution in [0.3, 0.4) is 0 Å². The van der Waals surface area contributed by atoms with E-state index in [4.69, 9.17) is 19.4 Å². The number of ether oxygens (including phenoxy) is 2. The first-order chi connectivity index (χ1) is 13.7. The number of aromatic nitrogens is 3. The monoisotopic (exact) mass is 401 g/mol. The molecule has 0 spiro atoms. The minimum atomic E-state index is -0.546. The lowest BCUT2D eigenvalue weighted by Crippen LogP contribution is -2.30. The molecule has 4 atom stereocenters. The van der Waals surface area contributed by atoms with Gasteiger partial charge < -0.3 is 24.3 Å². The topological polar surface area (TPSA) is 107 Å². The third kappa shape index (κ3) is 3.45. The van der Waals surface area contributed by atoms with Crippen LogP contribution in [0.1, 0.15) is 6.04 Å². The molecule has 2 N–H and O–H groups in total. The number of aliphatic hydroxyl groups is 1. The number of carbonyl (C=O) groups is 1. The fraction of sp³-hybridized carbons (Fsp3) is 0.316. The van der Waals surface area contributed by atoms with Gasteiger partial charge in [-0.1, -0.05) is 30.3 Å². The van der Waals surface area contributed by atoms with Crippen molar-refractivity contribution in [1.29, 1.82) is 0 Å². The molecular formula is C19H19N3O5S. The van der Waals surface area contributed by atoms with Crippen LogP contribution in [0.25, 0.3) is 21.3 Å². The Hall–Kier alpha value is -2.59. The fourth-order valence-electron chi connectivity index (χ4n) is 3.56. The molecule has 2 aliphatic heterocycles. The molecular weight excluding hydrogens is 382 g/mol. The number of rotatable bonds is 3. The molecule has 28 heavy (non-hydrogen) atoms. The third-order valence-electron chi connectivity index (χ3n) is 4.77. The van der Waals surface area contributed by atoms with Crippen LogP contribution in [0, 0.1) is 0 Å². The number of nitrogens with zero attached hydrogens (tertiary/aromatic N) is 3. The molecule has 4 heterocycles. The van der Waals surface area contributed by atoms with Crippen LogP contribution in [-0.4, -0.2) is 62.7 Å². The first-order valence-corrected chi connectivity index (χ1v) is 9.58. The van der Waals surface area contributed by atoms with Crippen LogP contribution in [0.4, 0.5) is 0 Å². The van der Waals surface area contributed by atoms with Crippen molar-refractivity contribution in [1.82, 2.24) is 14.5 Å². The number of imidazole rings is 1. The van der Waals surface area contributed by atoms with Gasteiger partial charge in [0.15, 0.2) is 5.82 Å². The standard InChI is InChI=1S/C18H17N3O3S.CH2O2/c22-13-10-24-15-12(9-23-16(13)15)21-7-6-19-17(21)14-8-20-18(25-14)11-4-2-1-3-5-11;2-1-3/h1-8,12-13,15-16,22H,9-10H2;1H,(H,2,3)/t12-,13+,15+,16+;/m0./s1. The smallest absolute Gasteiger partial charge is 0.290 e. The summed E-state index contributed by atoms with van der Waals surface area (Å²) in [4.78, 5) is 18.4. The van der Waals surface area contributed by atoms with Crippen LogP contribution in [0.2, 0.25) is 0 Å². The quantitative estimate of drug-likeness (QED) is 0.647. The van der Waals surface area contributed by atoms with Gasteiger partial charge in [0.1, 0.15) is 23.3 Å². The average Bonchev–Trinajstić information content (AvgIpc) is 3.48. The Labute approximate surface area is 165 Å².